The van der Waals surface area contributed by atoms with Crippen LogP contribution in [0, 0.1) is 5.92 Å². The predicted molar refractivity (Wildman–Crippen MR) is 53.4 cm³/mol. The van der Waals surface area contributed by atoms with Gasteiger partial charge in [0.25, 0.3) is 0 Å². The van der Waals surface area contributed by atoms with Crippen molar-refractivity contribution in [2.75, 3.05) is 6.54 Å². The Balaban J connectivity index is 2.55. The van der Waals surface area contributed by atoms with Crippen LogP contribution in [0.4, 0.5) is 13.2 Å². The molecule has 0 heterocycles. The molecule has 0 aliphatic heterocycles. The van der Waals surface area contributed by atoms with E-state index in [-0.39, 0.29) is 6.54 Å². The first-order chi connectivity index (χ1) is 7.01. The van der Waals surface area contributed by atoms with Gasteiger partial charge in [0.2, 0.25) is 0 Å². The topological polar surface area (TPSA) is 26.0 Å². The van der Waals surface area contributed by atoms with Gasteiger partial charge in [0.15, 0.2) is 0 Å². The molecule has 0 fully saturated rings. The minimum absolute atomic E-state index is 0.0639. The van der Waals surface area contributed by atoms with Crippen LogP contribution in [0.3, 0.4) is 0 Å². The van der Waals surface area contributed by atoms with Crippen molar-refractivity contribution in [3.05, 3.63) is 35.9 Å². The van der Waals surface area contributed by atoms with Gasteiger partial charge in [0, 0.05) is 6.42 Å². The van der Waals surface area contributed by atoms with Crippen LogP contribution >= 0.6 is 0 Å². The molecule has 0 bridgehead atoms. The van der Waals surface area contributed by atoms with Gasteiger partial charge in [0.1, 0.15) is 0 Å². The molecule has 1 rings (SSSR count). The number of halogens is 3. The summed E-state index contributed by atoms with van der Waals surface area (Å²) in [6.45, 7) is 0.0639. The molecule has 1 atom stereocenters. The highest BCUT2D eigenvalue weighted by atomic mass is 19.4. The summed E-state index contributed by atoms with van der Waals surface area (Å²) in [7, 11) is 0. The molecule has 0 saturated heterocycles. The lowest BCUT2D eigenvalue weighted by Crippen LogP contribution is -2.24. The lowest BCUT2D eigenvalue weighted by molar-refractivity contribution is -0.143. The summed E-state index contributed by atoms with van der Waals surface area (Å²) in [5, 5.41) is 0. The highest BCUT2D eigenvalue weighted by molar-refractivity contribution is 5.15. The molecule has 2 N–H and O–H groups in total. The molecule has 0 aromatic heterocycles. The number of hydrogen-bond donors (Lipinski definition) is 1. The van der Waals surface area contributed by atoms with Crippen LogP contribution in [0.1, 0.15) is 12.0 Å². The third kappa shape index (κ3) is 4.83. The van der Waals surface area contributed by atoms with Crippen LogP contribution in [0.15, 0.2) is 30.3 Å². The maximum absolute atomic E-state index is 12.1. The van der Waals surface area contributed by atoms with Gasteiger partial charge in [-0.05, 0) is 24.4 Å². The molecule has 0 saturated carbocycles. The van der Waals surface area contributed by atoms with E-state index in [9.17, 15) is 13.2 Å². The Hall–Kier alpha value is -1.03. The fraction of sp³-hybridized carbons (Fsp3) is 0.455. The quantitative estimate of drug-likeness (QED) is 0.824. The molecule has 1 aromatic rings. The zero-order chi connectivity index (χ0) is 11.3. The summed E-state index contributed by atoms with van der Waals surface area (Å²) in [5.41, 5.74) is 6.23. The van der Waals surface area contributed by atoms with Gasteiger partial charge >= 0.3 is 6.18 Å². The lowest BCUT2D eigenvalue weighted by Gasteiger charge is -2.16. The van der Waals surface area contributed by atoms with Crippen LogP contribution < -0.4 is 5.73 Å². The third-order valence-corrected chi connectivity index (χ3v) is 2.22. The fourth-order valence-corrected chi connectivity index (χ4v) is 1.51. The summed E-state index contributed by atoms with van der Waals surface area (Å²) in [4.78, 5) is 0. The highest BCUT2D eigenvalue weighted by Gasteiger charge is 2.31. The van der Waals surface area contributed by atoms with Crippen LogP contribution in [0.5, 0.6) is 0 Å². The molecule has 84 valence electrons. The SMILES string of the molecule is NCC(Cc1ccccc1)CC(F)(F)F. The predicted octanol–water partition coefficient (Wildman–Crippen LogP) is 2.76. The van der Waals surface area contributed by atoms with E-state index >= 15 is 0 Å². The molecule has 0 aliphatic rings. The van der Waals surface area contributed by atoms with Crippen LogP contribution in [-0.4, -0.2) is 12.7 Å². The van der Waals surface area contributed by atoms with Gasteiger partial charge in [-0.3, -0.25) is 0 Å². The zero-order valence-corrected chi connectivity index (χ0v) is 8.30. The first kappa shape index (κ1) is 12.0. The minimum atomic E-state index is -4.13. The second-order valence-electron chi connectivity index (χ2n) is 3.61. The molecule has 0 aliphatic carbocycles. The smallest absolute Gasteiger partial charge is 0.330 e. The Bertz CT molecular complexity index is 282. The van der Waals surface area contributed by atoms with Gasteiger partial charge in [0.05, 0.1) is 0 Å². The van der Waals surface area contributed by atoms with Crippen molar-refractivity contribution in [2.24, 2.45) is 11.7 Å². The Morgan fingerprint density at radius 2 is 1.73 bits per heavy atom. The molecular weight excluding hydrogens is 203 g/mol. The molecule has 0 amide bonds. The van der Waals surface area contributed by atoms with Crippen molar-refractivity contribution < 1.29 is 13.2 Å². The van der Waals surface area contributed by atoms with Gasteiger partial charge in [-0.25, -0.2) is 0 Å². The van der Waals surface area contributed by atoms with Crippen molar-refractivity contribution in [1.82, 2.24) is 0 Å². The molecule has 1 unspecified atom stereocenters. The summed E-state index contributed by atoms with van der Waals surface area (Å²) >= 11 is 0. The normalized spacial score (nSPS) is 13.9. The summed E-state index contributed by atoms with van der Waals surface area (Å²) in [6.07, 6.45) is -4.55. The Labute approximate surface area is 87.1 Å². The summed E-state index contributed by atoms with van der Waals surface area (Å²) < 4.78 is 36.4. The van der Waals surface area contributed by atoms with E-state index < -0.39 is 18.5 Å². The van der Waals surface area contributed by atoms with Crippen molar-refractivity contribution >= 4 is 0 Å². The third-order valence-electron chi connectivity index (χ3n) is 2.22. The number of alkyl halides is 3. The maximum atomic E-state index is 12.1. The van der Waals surface area contributed by atoms with Crippen molar-refractivity contribution in [2.45, 2.75) is 19.0 Å². The Morgan fingerprint density at radius 3 is 2.20 bits per heavy atom. The van der Waals surface area contributed by atoms with Gasteiger partial charge in [-0.1, -0.05) is 30.3 Å². The highest BCUT2D eigenvalue weighted by Crippen LogP contribution is 2.26. The zero-order valence-electron chi connectivity index (χ0n) is 8.30. The monoisotopic (exact) mass is 217 g/mol. The molecule has 15 heavy (non-hydrogen) atoms. The fourth-order valence-electron chi connectivity index (χ4n) is 1.51. The Morgan fingerprint density at radius 1 is 1.13 bits per heavy atom. The van der Waals surface area contributed by atoms with Crippen molar-refractivity contribution in [3.8, 4) is 0 Å². The molecule has 1 nitrogen and oxygen atoms in total. The van der Waals surface area contributed by atoms with E-state index in [4.69, 9.17) is 5.73 Å². The first-order valence-electron chi connectivity index (χ1n) is 4.82. The average molecular weight is 217 g/mol. The molecule has 1 aromatic carbocycles. The molecule has 0 radical (unpaired) electrons. The van der Waals surface area contributed by atoms with Crippen LogP contribution in [0.25, 0.3) is 0 Å². The minimum Gasteiger partial charge on any atom is -0.330 e. The maximum Gasteiger partial charge on any atom is 0.389 e. The number of benzene rings is 1. The van der Waals surface area contributed by atoms with E-state index in [0.29, 0.717) is 6.42 Å². The molecule has 4 heteroatoms. The van der Waals surface area contributed by atoms with E-state index in [1.165, 1.54) is 0 Å². The molecule has 0 spiro atoms. The van der Waals surface area contributed by atoms with Gasteiger partial charge in [-0.2, -0.15) is 13.2 Å². The molecular formula is C11H14F3N. The number of nitrogens with two attached hydrogens (primary N) is 1. The number of hydrogen-bond acceptors (Lipinski definition) is 1. The standard InChI is InChI=1S/C11H14F3N/c12-11(13,14)7-10(8-15)6-9-4-2-1-3-5-9/h1-5,10H,6-8,15H2. The van der Waals surface area contributed by atoms with E-state index in [1.54, 1.807) is 0 Å². The van der Waals surface area contributed by atoms with Gasteiger partial charge in [-0.15, -0.1) is 0 Å². The Kier molecular flexibility index (Phi) is 4.15. The van der Waals surface area contributed by atoms with E-state index in [0.717, 1.165) is 5.56 Å². The van der Waals surface area contributed by atoms with E-state index in [2.05, 4.69) is 0 Å². The second kappa shape index (κ2) is 5.16. The number of rotatable bonds is 4. The lowest BCUT2D eigenvalue weighted by atomic mass is 9.96. The first-order valence-corrected chi connectivity index (χ1v) is 4.82. The summed E-state index contributed by atoms with van der Waals surface area (Å²) in [5.74, 6) is -0.521. The average Bonchev–Trinajstić information content (AvgIpc) is 2.16. The van der Waals surface area contributed by atoms with E-state index in [1.807, 2.05) is 30.3 Å². The van der Waals surface area contributed by atoms with Crippen molar-refractivity contribution in [3.63, 3.8) is 0 Å². The van der Waals surface area contributed by atoms with Crippen LogP contribution in [-0.2, 0) is 6.42 Å². The largest absolute Gasteiger partial charge is 0.389 e. The second-order valence-corrected chi connectivity index (χ2v) is 3.61. The van der Waals surface area contributed by atoms with Gasteiger partial charge < -0.3 is 5.73 Å². The van der Waals surface area contributed by atoms with Crippen LogP contribution in [0.2, 0.25) is 0 Å². The summed E-state index contributed by atoms with van der Waals surface area (Å²) in [6, 6.07) is 9.11. The van der Waals surface area contributed by atoms with Crippen molar-refractivity contribution in [1.29, 1.82) is 0 Å².